The highest BCUT2D eigenvalue weighted by atomic mass is 79.9. The maximum absolute atomic E-state index is 12.0. The Morgan fingerprint density at radius 1 is 1.04 bits per heavy atom. The zero-order valence-electron chi connectivity index (χ0n) is 12.8. The van der Waals surface area contributed by atoms with Crippen molar-refractivity contribution >= 4 is 27.7 Å². The number of hydrogen-bond donors (Lipinski definition) is 0. The number of carbonyl (C=O) groups is 2. The molecule has 0 aliphatic carbocycles. The summed E-state index contributed by atoms with van der Waals surface area (Å²) >= 11 is 3.32. The number of Topliss-reactive ketones (excluding diaryl/α,β-unsaturated/α-hetero) is 1. The molecule has 120 valence electrons. The Morgan fingerprint density at radius 3 is 2.48 bits per heavy atom. The van der Waals surface area contributed by atoms with Crippen LogP contribution in [0.4, 0.5) is 0 Å². The standard InChI is InChI=1S/C18H17BrO4/c1-22-16-4-2-3-13(11-16)12-23-18(21)10-9-17(20)14-5-7-15(19)8-6-14/h2-8,11H,9-10,12H2,1H3. The second kappa shape index (κ2) is 8.48. The van der Waals surface area contributed by atoms with Crippen molar-refractivity contribution < 1.29 is 19.1 Å². The molecule has 0 N–H and O–H groups in total. The van der Waals surface area contributed by atoms with Crippen molar-refractivity contribution in [2.45, 2.75) is 19.4 Å². The Kier molecular flexibility index (Phi) is 6.35. The van der Waals surface area contributed by atoms with Gasteiger partial charge in [0.1, 0.15) is 12.4 Å². The van der Waals surface area contributed by atoms with Gasteiger partial charge < -0.3 is 9.47 Å². The fraction of sp³-hybridized carbons (Fsp3) is 0.222. The molecule has 2 aromatic rings. The molecule has 23 heavy (non-hydrogen) atoms. The Balaban J connectivity index is 1.78. The summed E-state index contributed by atoms with van der Waals surface area (Å²) in [5.41, 5.74) is 1.44. The minimum absolute atomic E-state index is 0.0683. The molecule has 0 saturated heterocycles. The van der Waals surface area contributed by atoms with E-state index in [0.29, 0.717) is 11.3 Å². The van der Waals surface area contributed by atoms with Crippen molar-refractivity contribution in [3.63, 3.8) is 0 Å². The van der Waals surface area contributed by atoms with Crippen LogP contribution in [0.3, 0.4) is 0 Å². The number of methoxy groups -OCH3 is 1. The lowest BCUT2D eigenvalue weighted by atomic mass is 10.1. The summed E-state index contributed by atoms with van der Waals surface area (Å²) in [7, 11) is 1.58. The number of ether oxygens (including phenoxy) is 2. The fourth-order valence-electron chi connectivity index (χ4n) is 1.99. The molecule has 2 rings (SSSR count). The Bertz CT molecular complexity index is 680. The summed E-state index contributed by atoms with van der Waals surface area (Å²) in [5.74, 6) is 0.248. The normalized spacial score (nSPS) is 10.2. The van der Waals surface area contributed by atoms with Crippen LogP contribution in [0.25, 0.3) is 0 Å². The van der Waals surface area contributed by atoms with Gasteiger partial charge in [0.2, 0.25) is 0 Å². The van der Waals surface area contributed by atoms with Crippen LogP contribution in [0.2, 0.25) is 0 Å². The number of ketones is 1. The summed E-state index contributed by atoms with van der Waals surface area (Å²) in [6.07, 6.45) is 0.206. The zero-order chi connectivity index (χ0) is 16.7. The number of carbonyl (C=O) groups excluding carboxylic acids is 2. The molecule has 0 radical (unpaired) electrons. The molecule has 0 atom stereocenters. The average molecular weight is 377 g/mol. The number of rotatable bonds is 7. The highest BCUT2D eigenvalue weighted by Crippen LogP contribution is 2.15. The lowest BCUT2D eigenvalue weighted by molar-refractivity contribution is -0.144. The fourth-order valence-corrected chi connectivity index (χ4v) is 2.26. The van der Waals surface area contributed by atoms with E-state index in [1.807, 2.05) is 18.2 Å². The van der Waals surface area contributed by atoms with Crippen molar-refractivity contribution in [2.75, 3.05) is 7.11 Å². The largest absolute Gasteiger partial charge is 0.497 e. The Hall–Kier alpha value is -2.14. The van der Waals surface area contributed by atoms with Gasteiger partial charge in [-0.25, -0.2) is 0 Å². The van der Waals surface area contributed by atoms with Crippen molar-refractivity contribution in [3.8, 4) is 5.75 Å². The molecule has 4 nitrogen and oxygen atoms in total. The maximum atomic E-state index is 12.0. The Morgan fingerprint density at radius 2 is 1.78 bits per heavy atom. The van der Waals surface area contributed by atoms with Gasteiger partial charge in [0.05, 0.1) is 13.5 Å². The van der Waals surface area contributed by atoms with Gasteiger partial charge in [-0.15, -0.1) is 0 Å². The third-order valence-corrected chi connectivity index (χ3v) is 3.79. The van der Waals surface area contributed by atoms with E-state index < -0.39 is 5.97 Å². The molecule has 0 amide bonds. The molecule has 0 spiro atoms. The first-order valence-corrected chi connectivity index (χ1v) is 7.95. The first kappa shape index (κ1) is 17.2. The number of esters is 1. The van der Waals surface area contributed by atoms with Crippen LogP contribution in [0.5, 0.6) is 5.75 Å². The van der Waals surface area contributed by atoms with Crippen molar-refractivity contribution in [2.24, 2.45) is 0 Å². The molecule has 5 heteroatoms. The minimum Gasteiger partial charge on any atom is -0.497 e. The summed E-state index contributed by atoms with van der Waals surface area (Å²) in [4.78, 5) is 23.7. The third-order valence-electron chi connectivity index (χ3n) is 3.26. The zero-order valence-corrected chi connectivity index (χ0v) is 14.3. The van der Waals surface area contributed by atoms with Gasteiger partial charge in [-0.3, -0.25) is 9.59 Å². The van der Waals surface area contributed by atoms with Gasteiger partial charge in [0.15, 0.2) is 5.78 Å². The third kappa shape index (κ3) is 5.53. The van der Waals surface area contributed by atoms with E-state index in [-0.39, 0.29) is 25.2 Å². The molecule has 0 aromatic heterocycles. The van der Waals surface area contributed by atoms with Gasteiger partial charge >= 0.3 is 5.97 Å². The average Bonchev–Trinajstić information content (AvgIpc) is 2.58. The highest BCUT2D eigenvalue weighted by Gasteiger charge is 2.10. The van der Waals surface area contributed by atoms with Crippen LogP contribution < -0.4 is 4.74 Å². The first-order valence-electron chi connectivity index (χ1n) is 7.16. The molecule has 0 unspecified atom stereocenters. The molecular weight excluding hydrogens is 360 g/mol. The summed E-state index contributed by atoms with van der Waals surface area (Å²) < 4.78 is 11.2. The van der Waals surface area contributed by atoms with Gasteiger partial charge in [-0.2, -0.15) is 0 Å². The van der Waals surface area contributed by atoms with E-state index in [1.54, 1.807) is 37.4 Å². The molecule has 0 bridgehead atoms. The molecule has 0 heterocycles. The van der Waals surface area contributed by atoms with Crippen LogP contribution in [0.15, 0.2) is 53.0 Å². The summed E-state index contributed by atoms with van der Waals surface area (Å²) in [6, 6.07) is 14.4. The predicted molar refractivity (Wildman–Crippen MR) is 90.5 cm³/mol. The predicted octanol–water partition coefficient (Wildman–Crippen LogP) is 4.16. The minimum atomic E-state index is -0.390. The lowest BCUT2D eigenvalue weighted by Crippen LogP contribution is -2.08. The lowest BCUT2D eigenvalue weighted by Gasteiger charge is -2.06. The van der Waals surface area contributed by atoms with Crippen molar-refractivity contribution in [1.82, 2.24) is 0 Å². The molecule has 0 aliphatic rings. The van der Waals surface area contributed by atoms with Crippen LogP contribution in [-0.2, 0) is 16.1 Å². The van der Waals surface area contributed by atoms with E-state index in [9.17, 15) is 9.59 Å². The molecule has 0 fully saturated rings. The maximum Gasteiger partial charge on any atom is 0.306 e. The monoisotopic (exact) mass is 376 g/mol. The number of halogens is 1. The van der Waals surface area contributed by atoms with Gasteiger partial charge in [-0.05, 0) is 29.8 Å². The molecule has 2 aromatic carbocycles. The molecule has 0 saturated carbocycles. The second-order valence-electron chi connectivity index (χ2n) is 4.94. The van der Waals surface area contributed by atoms with Crippen LogP contribution in [-0.4, -0.2) is 18.9 Å². The van der Waals surface area contributed by atoms with Crippen molar-refractivity contribution in [1.29, 1.82) is 0 Å². The summed E-state index contributed by atoms with van der Waals surface area (Å²) in [6.45, 7) is 0.169. The SMILES string of the molecule is COc1cccc(COC(=O)CCC(=O)c2ccc(Br)cc2)c1. The van der Waals surface area contributed by atoms with Gasteiger partial charge in [0.25, 0.3) is 0 Å². The molecule has 0 aliphatic heterocycles. The first-order chi connectivity index (χ1) is 11.1. The van der Waals surface area contributed by atoms with E-state index in [4.69, 9.17) is 9.47 Å². The summed E-state index contributed by atoms with van der Waals surface area (Å²) in [5, 5.41) is 0. The Labute approximate surface area is 143 Å². The number of hydrogen-bond acceptors (Lipinski definition) is 4. The highest BCUT2D eigenvalue weighted by molar-refractivity contribution is 9.10. The van der Waals surface area contributed by atoms with E-state index in [0.717, 1.165) is 10.0 Å². The topological polar surface area (TPSA) is 52.6 Å². The van der Waals surface area contributed by atoms with Crippen LogP contribution in [0.1, 0.15) is 28.8 Å². The van der Waals surface area contributed by atoms with Crippen LogP contribution in [0, 0.1) is 0 Å². The van der Waals surface area contributed by atoms with Crippen molar-refractivity contribution in [3.05, 3.63) is 64.1 Å². The molecular formula is C18H17BrO4. The van der Waals surface area contributed by atoms with E-state index in [2.05, 4.69) is 15.9 Å². The van der Waals surface area contributed by atoms with Gasteiger partial charge in [0, 0.05) is 16.5 Å². The van der Waals surface area contributed by atoms with E-state index in [1.165, 1.54) is 0 Å². The van der Waals surface area contributed by atoms with E-state index >= 15 is 0 Å². The second-order valence-corrected chi connectivity index (χ2v) is 5.86. The quantitative estimate of drug-likeness (QED) is 0.537. The number of benzene rings is 2. The van der Waals surface area contributed by atoms with Gasteiger partial charge in [-0.1, -0.05) is 40.2 Å². The van der Waals surface area contributed by atoms with Crippen LogP contribution >= 0.6 is 15.9 Å². The smallest absolute Gasteiger partial charge is 0.306 e.